The Morgan fingerprint density at radius 3 is 2.68 bits per heavy atom. The predicted octanol–water partition coefficient (Wildman–Crippen LogP) is 5.14. The van der Waals surface area contributed by atoms with Crippen LogP contribution in [0.15, 0.2) is 24.3 Å². The van der Waals surface area contributed by atoms with Crippen molar-refractivity contribution in [2.45, 2.75) is 58.4 Å². The molecule has 1 aromatic carbocycles. The smallest absolute Gasteiger partial charge is 0.0440 e. The van der Waals surface area contributed by atoms with Gasteiger partial charge < -0.3 is 5.32 Å². The first-order chi connectivity index (χ1) is 8.91. The van der Waals surface area contributed by atoms with Gasteiger partial charge in [0.05, 0.1) is 0 Å². The van der Waals surface area contributed by atoms with Crippen LogP contribution in [0.25, 0.3) is 0 Å². The highest BCUT2D eigenvalue weighted by Crippen LogP contribution is 2.40. The van der Waals surface area contributed by atoms with Crippen molar-refractivity contribution in [3.63, 3.8) is 0 Å². The Hall–Kier alpha value is -0.530. The normalized spacial score (nSPS) is 25.1. The van der Waals surface area contributed by atoms with E-state index >= 15 is 0 Å². The Bertz CT molecular complexity index is 412. The standard InChI is InChI=1S/C17H26ClN/c1-16(2,3)13-17(10-5-4-6-11-19-17)14-8-7-9-15(18)12-14/h7-9,12,19H,4-6,10-11,13H2,1-3H3. The maximum atomic E-state index is 6.21. The molecule has 1 N–H and O–H groups in total. The summed E-state index contributed by atoms with van der Waals surface area (Å²) in [5.74, 6) is 0. The molecule has 0 saturated carbocycles. The van der Waals surface area contributed by atoms with Crippen molar-refractivity contribution in [1.82, 2.24) is 5.32 Å². The summed E-state index contributed by atoms with van der Waals surface area (Å²) in [7, 11) is 0. The van der Waals surface area contributed by atoms with Gasteiger partial charge in [-0.05, 0) is 48.9 Å². The van der Waals surface area contributed by atoms with Crippen molar-refractivity contribution < 1.29 is 0 Å². The largest absolute Gasteiger partial charge is 0.307 e. The molecule has 1 heterocycles. The molecule has 0 aromatic heterocycles. The third-order valence-corrected chi connectivity index (χ3v) is 4.19. The van der Waals surface area contributed by atoms with E-state index in [0.29, 0.717) is 5.41 Å². The Balaban J connectivity index is 2.37. The second kappa shape index (κ2) is 5.85. The fraction of sp³-hybridized carbons (Fsp3) is 0.647. The molecule has 1 saturated heterocycles. The van der Waals surface area contributed by atoms with Gasteiger partial charge in [-0.1, -0.05) is 57.3 Å². The number of hydrogen-bond donors (Lipinski definition) is 1. The van der Waals surface area contributed by atoms with E-state index < -0.39 is 0 Å². The third kappa shape index (κ3) is 3.97. The molecule has 1 fully saturated rings. The zero-order valence-corrected chi connectivity index (χ0v) is 13.2. The van der Waals surface area contributed by atoms with Crippen LogP contribution in [-0.2, 0) is 5.54 Å². The van der Waals surface area contributed by atoms with Crippen LogP contribution in [0.5, 0.6) is 0 Å². The van der Waals surface area contributed by atoms with E-state index in [-0.39, 0.29) is 5.54 Å². The highest BCUT2D eigenvalue weighted by molar-refractivity contribution is 6.30. The first-order valence-corrected chi connectivity index (χ1v) is 7.80. The van der Waals surface area contributed by atoms with Crippen molar-refractivity contribution in [2.24, 2.45) is 5.41 Å². The number of benzene rings is 1. The highest BCUT2D eigenvalue weighted by Gasteiger charge is 2.36. The lowest BCUT2D eigenvalue weighted by atomic mass is 9.73. The van der Waals surface area contributed by atoms with E-state index in [1.807, 2.05) is 6.07 Å². The van der Waals surface area contributed by atoms with Crippen LogP contribution in [0.1, 0.15) is 58.4 Å². The van der Waals surface area contributed by atoms with Gasteiger partial charge in [0, 0.05) is 10.6 Å². The maximum absolute atomic E-state index is 6.21. The topological polar surface area (TPSA) is 12.0 Å². The van der Waals surface area contributed by atoms with Crippen molar-refractivity contribution in [1.29, 1.82) is 0 Å². The monoisotopic (exact) mass is 279 g/mol. The van der Waals surface area contributed by atoms with Crippen LogP contribution in [0.4, 0.5) is 0 Å². The van der Waals surface area contributed by atoms with Gasteiger partial charge in [0.15, 0.2) is 0 Å². The molecule has 1 atom stereocenters. The molecule has 1 aromatic rings. The van der Waals surface area contributed by atoms with Crippen LogP contribution in [0.2, 0.25) is 5.02 Å². The number of halogens is 1. The molecule has 0 aliphatic carbocycles. The number of hydrogen-bond acceptors (Lipinski definition) is 1. The Labute approximate surface area is 122 Å². The summed E-state index contributed by atoms with van der Waals surface area (Å²) in [5, 5.41) is 4.68. The lowest BCUT2D eigenvalue weighted by Gasteiger charge is -2.40. The molecule has 0 spiro atoms. The highest BCUT2D eigenvalue weighted by atomic mass is 35.5. The lowest BCUT2D eigenvalue weighted by molar-refractivity contribution is 0.202. The zero-order chi connectivity index (χ0) is 13.9. The van der Waals surface area contributed by atoms with Crippen molar-refractivity contribution >= 4 is 11.6 Å². The molecule has 2 rings (SSSR count). The van der Waals surface area contributed by atoms with Gasteiger partial charge in [0.2, 0.25) is 0 Å². The molecule has 1 aliphatic heterocycles. The van der Waals surface area contributed by atoms with Crippen LogP contribution in [-0.4, -0.2) is 6.54 Å². The SMILES string of the molecule is CC(C)(C)CC1(c2cccc(Cl)c2)CCCCCN1. The first kappa shape index (κ1) is 14.9. The molecular formula is C17H26ClN. The van der Waals surface area contributed by atoms with Gasteiger partial charge in [-0.3, -0.25) is 0 Å². The van der Waals surface area contributed by atoms with E-state index in [9.17, 15) is 0 Å². The maximum Gasteiger partial charge on any atom is 0.0440 e. The fourth-order valence-corrected chi connectivity index (χ4v) is 3.53. The van der Waals surface area contributed by atoms with Crippen molar-refractivity contribution in [2.75, 3.05) is 6.54 Å². The minimum absolute atomic E-state index is 0.0969. The van der Waals surface area contributed by atoms with Crippen LogP contribution in [0, 0.1) is 5.41 Å². The molecule has 1 aliphatic rings. The fourth-order valence-electron chi connectivity index (χ4n) is 3.34. The van der Waals surface area contributed by atoms with Gasteiger partial charge in [0.25, 0.3) is 0 Å². The molecule has 0 amide bonds. The van der Waals surface area contributed by atoms with Gasteiger partial charge in [-0.25, -0.2) is 0 Å². The summed E-state index contributed by atoms with van der Waals surface area (Å²) in [6.07, 6.45) is 6.28. The molecule has 2 heteroatoms. The second-order valence-corrected chi connectivity index (χ2v) is 7.50. The molecular weight excluding hydrogens is 254 g/mol. The minimum atomic E-state index is 0.0969. The van der Waals surface area contributed by atoms with Crippen LogP contribution < -0.4 is 5.32 Å². The Morgan fingerprint density at radius 1 is 1.21 bits per heavy atom. The molecule has 0 bridgehead atoms. The third-order valence-electron chi connectivity index (χ3n) is 3.95. The van der Waals surface area contributed by atoms with E-state index in [0.717, 1.165) is 18.0 Å². The molecule has 1 unspecified atom stereocenters. The molecule has 1 nitrogen and oxygen atoms in total. The second-order valence-electron chi connectivity index (χ2n) is 7.07. The Morgan fingerprint density at radius 2 is 2.00 bits per heavy atom. The molecule has 106 valence electrons. The summed E-state index contributed by atoms with van der Waals surface area (Å²) < 4.78 is 0. The van der Waals surface area contributed by atoms with Gasteiger partial charge in [-0.15, -0.1) is 0 Å². The van der Waals surface area contributed by atoms with Crippen LogP contribution in [0.3, 0.4) is 0 Å². The first-order valence-electron chi connectivity index (χ1n) is 7.42. The minimum Gasteiger partial charge on any atom is -0.307 e. The van der Waals surface area contributed by atoms with Crippen molar-refractivity contribution in [3.8, 4) is 0 Å². The number of nitrogens with one attached hydrogen (secondary N) is 1. The van der Waals surface area contributed by atoms with E-state index in [2.05, 4.69) is 44.3 Å². The van der Waals surface area contributed by atoms with E-state index in [4.69, 9.17) is 11.6 Å². The summed E-state index contributed by atoms with van der Waals surface area (Å²) in [6.45, 7) is 8.09. The number of rotatable bonds is 2. The van der Waals surface area contributed by atoms with Gasteiger partial charge >= 0.3 is 0 Å². The Kier molecular flexibility index (Phi) is 4.58. The lowest BCUT2D eigenvalue weighted by Crippen LogP contribution is -2.44. The van der Waals surface area contributed by atoms with Gasteiger partial charge in [0.1, 0.15) is 0 Å². The average molecular weight is 280 g/mol. The van der Waals surface area contributed by atoms with Crippen molar-refractivity contribution in [3.05, 3.63) is 34.9 Å². The summed E-state index contributed by atoms with van der Waals surface area (Å²) in [4.78, 5) is 0. The quantitative estimate of drug-likeness (QED) is 0.791. The molecule has 0 radical (unpaired) electrons. The predicted molar refractivity (Wildman–Crippen MR) is 83.7 cm³/mol. The summed E-state index contributed by atoms with van der Waals surface area (Å²) >= 11 is 6.21. The summed E-state index contributed by atoms with van der Waals surface area (Å²) in [5.41, 5.74) is 1.76. The van der Waals surface area contributed by atoms with E-state index in [1.54, 1.807) is 0 Å². The average Bonchev–Trinajstić information content (AvgIpc) is 2.53. The van der Waals surface area contributed by atoms with Gasteiger partial charge in [-0.2, -0.15) is 0 Å². The molecule has 19 heavy (non-hydrogen) atoms. The zero-order valence-electron chi connectivity index (χ0n) is 12.4. The van der Waals surface area contributed by atoms with Crippen LogP contribution >= 0.6 is 11.6 Å². The summed E-state index contributed by atoms with van der Waals surface area (Å²) in [6, 6.07) is 8.42. The van der Waals surface area contributed by atoms with E-state index in [1.165, 1.54) is 31.2 Å².